The van der Waals surface area contributed by atoms with Gasteiger partial charge in [-0.1, -0.05) is 6.42 Å². The van der Waals surface area contributed by atoms with Crippen LogP contribution in [0, 0.1) is 0 Å². The highest BCUT2D eigenvalue weighted by Gasteiger charge is 2.40. The Balaban J connectivity index is 1.75. The molecule has 0 saturated heterocycles. The third kappa shape index (κ3) is 3.02. The molecule has 124 valence electrons. The molecular formula is C15H22F3N3S. The van der Waals surface area contributed by atoms with Crippen LogP contribution in [0.5, 0.6) is 0 Å². The van der Waals surface area contributed by atoms with Gasteiger partial charge in [0.05, 0.1) is 5.69 Å². The van der Waals surface area contributed by atoms with E-state index in [-0.39, 0.29) is 11.3 Å². The number of nitrogens with one attached hydrogen (secondary N) is 1. The summed E-state index contributed by atoms with van der Waals surface area (Å²) in [6, 6.07) is 0. The number of hydrogen-bond donors (Lipinski definition) is 1. The van der Waals surface area contributed by atoms with Crippen molar-refractivity contribution in [2.24, 2.45) is 0 Å². The van der Waals surface area contributed by atoms with E-state index in [2.05, 4.69) is 16.6 Å². The molecule has 7 heteroatoms. The van der Waals surface area contributed by atoms with E-state index in [0.29, 0.717) is 24.5 Å². The van der Waals surface area contributed by atoms with Gasteiger partial charge >= 0.3 is 6.18 Å². The van der Waals surface area contributed by atoms with Gasteiger partial charge in [-0.05, 0) is 31.9 Å². The van der Waals surface area contributed by atoms with Gasteiger partial charge in [-0.3, -0.25) is 0 Å². The third-order valence-electron chi connectivity index (χ3n) is 4.89. The highest BCUT2D eigenvalue weighted by Crippen LogP contribution is 2.42. The average Bonchev–Trinajstić information content (AvgIpc) is 2.81. The Bertz CT molecular complexity index is 529. The van der Waals surface area contributed by atoms with E-state index in [9.17, 15) is 13.2 Å². The Kier molecular flexibility index (Phi) is 4.47. The number of thioether (sulfide) groups is 1. The van der Waals surface area contributed by atoms with Crippen LogP contribution in [0.2, 0.25) is 0 Å². The molecule has 1 saturated carbocycles. The van der Waals surface area contributed by atoms with Crippen LogP contribution in [-0.4, -0.2) is 27.1 Å². The minimum Gasteiger partial charge on any atom is -0.330 e. The maximum Gasteiger partial charge on any atom is 0.435 e. The first kappa shape index (κ1) is 16.2. The number of imidazole rings is 1. The molecule has 0 unspecified atom stereocenters. The summed E-state index contributed by atoms with van der Waals surface area (Å²) in [5.74, 6) is 0.596. The summed E-state index contributed by atoms with van der Waals surface area (Å²) in [5, 5.41) is 3.26. The van der Waals surface area contributed by atoms with Crippen molar-refractivity contribution >= 4 is 11.8 Å². The first-order chi connectivity index (χ1) is 10.5. The minimum atomic E-state index is -4.37. The fourth-order valence-electron chi connectivity index (χ4n) is 3.38. The Morgan fingerprint density at radius 3 is 2.64 bits per heavy atom. The van der Waals surface area contributed by atoms with Crippen LogP contribution in [0.15, 0.2) is 0 Å². The molecule has 0 amide bonds. The van der Waals surface area contributed by atoms with Gasteiger partial charge < -0.3 is 9.88 Å². The fraction of sp³-hybridized carbons (Fsp3) is 0.800. The van der Waals surface area contributed by atoms with Crippen molar-refractivity contribution in [2.75, 3.05) is 12.8 Å². The lowest BCUT2D eigenvalue weighted by atomic mass is 9.84. The SMILES string of the molecule is CSC1(CNCc2c(C(F)(F)F)nc3n2CCCC3)CCC1. The summed E-state index contributed by atoms with van der Waals surface area (Å²) < 4.78 is 41.7. The van der Waals surface area contributed by atoms with Crippen molar-refractivity contribution in [3.05, 3.63) is 17.2 Å². The van der Waals surface area contributed by atoms with Crippen molar-refractivity contribution in [1.82, 2.24) is 14.9 Å². The molecule has 1 aromatic heterocycles. The number of alkyl halides is 3. The Labute approximate surface area is 133 Å². The minimum absolute atomic E-state index is 0.225. The van der Waals surface area contributed by atoms with Crippen LogP contribution in [0.25, 0.3) is 0 Å². The van der Waals surface area contributed by atoms with Gasteiger partial charge in [0, 0.05) is 30.8 Å². The number of hydrogen-bond acceptors (Lipinski definition) is 3. The van der Waals surface area contributed by atoms with E-state index in [1.807, 2.05) is 11.8 Å². The van der Waals surface area contributed by atoms with Gasteiger partial charge in [-0.25, -0.2) is 4.98 Å². The third-order valence-corrected chi connectivity index (χ3v) is 6.31. The van der Waals surface area contributed by atoms with Gasteiger partial charge in [-0.2, -0.15) is 24.9 Å². The van der Waals surface area contributed by atoms with Gasteiger partial charge in [0.2, 0.25) is 0 Å². The second kappa shape index (κ2) is 6.07. The lowest BCUT2D eigenvalue weighted by molar-refractivity contribution is -0.141. The molecule has 0 atom stereocenters. The molecule has 1 aliphatic heterocycles. The molecule has 2 heterocycles. The van der Waals surface area contributed by atoms with Crippen molar-refractivity contribution in [2.45, 2.75) is 62.5 Å². The molecule has 2 aliphatic rings. The van der Waals surface area contributed by atoms with Gasteiger partial charge in [0.15, 0.2) is 5.69 Å². The molecule has 0 spiro atoms. The van der Waals surface area contributed by atoms with Crippen molar-refractivity contribution in [1.29, 1.82) is 0 Å². The van der Waals surface area contributed by atoms with Crippen molar-refractivity contribution in [3.63, 3.8) is 0 Å². The molecule has 0 radical (unpaired) electrons. The molecule has 1 N–H and O–H groups in total. The van der Waals surface area contributed by atoms with Crippen LogP contribution in [-0.2, 0) is 25.7 Å². The van der Waals surface area contributed by atoms with E-state index >= 15 is 0 Å². The van der Waals surface area contributed by atoms with Crippen LogP contribution < -0.4 is 5.32 Å². The molecule has 1 aromatic rings. The molecule has 3 rings (SSSR count). The molecule has 0 aromatic carbocycles. The number of rotatable bonds is 5. The number of aryl methyl sites for hydroxylation is 1. The maximum absolute atomic E-state index is 13.2. The molecular weight excluding hydrogens is 311 g/mol. The summed E-state index contributed by atoms with van der Waals surface area (Å²) in [4.78, 5) is 3.88. The van der Waals surface area contributed by atoms with Crippen LogP contribution in [0.1, 0.15) is 49.3 Å². The quantitative estimate of drug-likeness (QED) is 0.893. The Morgan fingerprint density at radius 2 is 2.05 bits per heavy atom. The van der Waals surface area contributed by atoms with Crippen molar-refractivity contribution in [3.8, 4) is 0 Å². The zero-order valence-corrected chi connectivity index (χ0v) is 13.6. The van der Waals surface area contributed by atoms with E-state index in [1.165, 1.54) is 6.42 Å². The Morgan fingerprint density at radius 1 is 1.27 bits per heavy atom. The summed E-state index contributed by atoms with van der Waals surface area (Å²) in [7, 11) is 0. The number of fused-ring (bicyclic) bond motifs is 1. The zero-order chi connectivity index (χ0) is 15.8. The molecule has 0 bridgehead atoms. The van der Waals surface area contributed by atoms with Gasteiger partial charge in [-0.15, -0.1) is 0 Å². The molecule has 3 nitrogen and oxygen atoms in total. The van der Waals surface area contributed by atoms with Gasteiger partial charge in [0.25, 0.3) is 0 Å². The summed E-state index contributed by atoms with van der Waals surface area (Å²) in [5.41, 5.74) is -0.374. The summed E-state index contributed by atoms with van der Waals surface area (Å²) in [6.45, 7) is 1.68. The predicted molar refractivity (Wildman–Crippen MR) is 82.0 cm³/mol. The summed E-state index contributed by atoms with van der Waals surface area (Å²) in [6.07, 6.45) is 3.75. The standard InChI is InChI=1S/C15H22F3N3S/c1-22-14(6-4-7-14)10-19-9-11-13(15(16,17)18)20-12-5-2-3-8-21(11)12/h19H,2-10H2,1H3. The van der Waals surface area contributed by atoms with Gasteiger partial charge in [0.1, 0.15) is 5.82 Å². The second-order valence-corrected chi connectivity index (χ2v) is 7.55. The lowest BCUT2D eigenvalue weighted by Gasteiger charge is -2.40. The van der Waals surface area contributed by atoms with Crippen LogP contribution in [0.3, 0.4) is 0 Å². The maximum atomic E-state index is 13.2. The van der Waals surface area contributed by atoms with Crippen molar-refractivity contribution < 1.29 is 13.2 Å². The number of nitrogens with zero attached hydrogens (tertiary/aromatic N) is 2. The molecule has 1 aliphatic carbocycles. The first-order valence-electron chi connectivity index (χ1n) is 7.86. The number of halogens is 3. The van der Waals surface area contributed by atoms with E-state index < -0.39 is 11.9 Å². The smallest absolute Gasteiger partial charge is 0.330 e. The number of aromatic nitrogens is 2. The Hall–Kier alpha value is -0.690. The molecule has 1 fully saturated rings. The van der Waals surface area contributed by atoms with E-state index in [4.69, 9.17) is 0 Å². The lowest BCUT2D eigenvalue weighted by Crippen LogP contribution is -2.43. The topological polar surface area (TPSA) is 29.9 Å². The summed E-state index contributed by atoms with van der Waals surface area (Å²) >= 11 is 1.83. The largest absolute Gasteiger partial charge is 0.435 e. The highest BCUT2D eigenvalue weighted by atomic mass is 32.2. The van der Waals surface area contributed by atoms with Crippen LogP contribution in [0.4, 0.5) is 13.2 Å². The highest BCUT2D eigenvalue weighted by molar-refractivity contribution is 8.00. The van der Waals surface area contributed by atoms with E-state index in [0.717, 1.165) is 32.2 Å². The van der Waals surface area contributed by atoms with E-state index in [1.54, 1.807) is 4.57 Å². The zero-order valence-electron chi connectivity index (χ0n) is 12.8. The first-order valence-corrected chi connectivity index (χ1v) is 9.09. The average molecular weight is 333 g/mol. The second-order valence-electron chi connectivity index (χ2n) is 6.27. The molecule has 22 heavy (non-hydrogen) atoms. The van der Waals surface area contributed by atoms with Crippen LogP contribution >= 0.6 is 11.8 Å². The predicted octanol–water partition coefficient (Wildman–Crippen LogP) is 3.61. The monoisotopic (exact) mass is 333 g/mol. The fourth-order valence-corrected chi connectivity index (χ4v) is 4.33. The normalized spacial score (nSPS) is 20.5.